The molecule has 0 radical (unpaired) electrons. The van der Waals surface area contributed by atoms with Gasteiger partial charge in [0.05, 0.1) is 0 Å². The van der Waals surface area contributed by atoms with Gasteiger partial charge in [-0.15, -0.1) is 0 Å². The van der Waals surface area contributed by atoms with Crippen LogP contribution in [0.3, 0.4) is 0 Å². The third kappa shape index (κ3) is 2.45. The van der Waals surface area contributed by atoms with E-state index in [1.165, 1.54) is 49.7 Å². The maximum atomic E-state index is 9.40. The minimum atomic E-state index is 0.210. The fourth-order valence-corrected chi connectivity index (χ4v) is 3.04. The maximum absolute atomic E-state index is 9.40. The van der Waals surface area contributed by atoms with Crippen molar-refractivity contribution in [3.8, 4) is 0 Å². The maximum Gasteiger partial charge on any atom is 0.0499 e. The zero-order chi connectivity index (χ0) is 12.4. The lowest BCUT2D eigenvalue weighted by molar-refractivity contribution is 0.203. The van der Waals surface area contributed by atoms with E-state index >= 15 is 0 Å². The van der Waals surface area contributed by atoms with Crippen molar-refractivity contribution in [2.24, 2.45) is 5.41 Å². The molecule has 1 fully saturated rings. The summed E-state index contributed by atoms with van der Waals surface area (Å²) in [5.74, 6) is 0. The van der Waals surface area contributed by atoms with Crippen LogP contribution < -0.4 is 5.32 Å². The molecule has 1 aromatic rings. The van der Waals surface area contributed by atoms with E-state index in [1.54, 1.807) is 0 Å². The molecule has 0 spiro atoms. The topological polar surface area (TPSA) is 32.3 Å². The lowest BCUT2D eigenvalue weighted by atomic mass is 9.98. The van der Waals surface area contributed by atoms with Crippen LogP contribution in [0.15, 0.2) is 24.3 Å². The van der Waals surface area contributed by atoms with Gasteiger partial charge in [-0.25, -0.2) is 0 Å². The third-order valence-corrected chi connectivity index (χ3v) is 4.64. The summed E-state index contributed by atoms with van der Waals surface area (Å²) in [5, 5.41) is 13.1. The molecule has 2 aliphatic rings. The Balaban J connectivity index is 1.71. The zero-order valence-corrected chi connectivity index (χ0v) is 11.0. The van der Waals surface area contributed by atoms with Crippen molar-refractivity contribution in [2.75, 3.05) is 13.2 Å². The normalized spacial score (nSPS) is 25.3. The highest BCUT2D eigenvalue weighted by Crippen LogP contribution is 2.45. The first-order valence-corrected chi connectivity index (χ1v) is 7.25. The highest BCUT2D eigenvalue weighted by Gasteiger charge is 2.42. The Kier molecular flexibility index (Phi) is 3.40. The molecular formula is C16H23NO. The highest BCUT2D eigenvalue weighted by molar-refractivity contribution is 5.31. The number of hydrogen-bond donors (Lipinski definition) is 2. The molecule has 1 unspecified atom stereocenters. The van der Waals surface area contributed by atoms with E-state index in [9.17, 15) is 5.11 Å². The van der Waals surface area contributed by atoms with Crippen molar-refractivity contribution < 1.29 is 5.11 Å². The number of aliphatic hydroxyl groups is 1. The largest absolute Gasteiger partial charge is 0.396 e. The Labute approximate surface area is 109 Å². The fraction of sp³-hybridized carbons (Fsp3) is 0.625. The van der Waals surface area contributed by atoms with Gasteiger partial charge in [-0.1, -0.05) is 30.7 Å². The van der Waals surface area contributed by atoms with E-state index in [0.29, 0.717) is 12.6 Å². The second-order valence-electron chi connectivity index (χ2n) is 6.04. The minimum Gasteiger partial charge on any atom is -0.396 e. The van der Waals surface area contributed by atoms with Crippen LogP contribution in [-0.4, -0.2) is 18.3 Å². The molecule has 98 valence electrons. The summed E-state index contributed by atoms with van der Waals surface area (Å²) in [7, 11) is 0. The quantitative estimate of drug-likeness (QED) is 0.799. The summed E-state index contributed by atoms with van der Waals surface area (Å²) in [5.41, 5.74) is 3.21. The first kappa shape index (κ1) is 12.2. The van der Waals surface area contributed by atoms with Crippen molar-refractivity contribution in [3.63, 3.8) is 0 Å². The van der Waals surface area contributed by atoms with E-state index < -0.39 is 0 Å². The number of rotatable bonds is 4. The third-order valence-electron chi connectivity index (χ3n) is 4.64. The average molecular weight is 245 g/mol. The lowest BCUT2D eigenvalue weighted by Gasteiger charge is -2.22. The van der Waals surface area contributed by atoms with Crippen molar-refractivity contribution in [1.82, 2.24) is 5.32 Å². The molecule has 1 saturated carbocycles. The molecule has 1 atom stereocenters. The molecule has 2 N–H and O–H groups in total. The van der Waals surface area contributed by atoms with E-state index in [1.807, 2.05) is 0 Å². The smallest absolute Gasteiger partial charge is 0.0499 e. The predicted octanol–water partition coefficient (Wildman–Crippen LogP) is 2.82. The fourth-order valence-electron chi connectivity index (χ4n) is 3.04. The first-order chi connectivity index (χ1) is 8.83. The second-order valence-corrected chi connectivity index (χ2v) is 6.04. The highest BCUT2D eigenvalue weighted by atomic mass is 16.3. The molecule has 18 heavy (non-hydrogen) atoms. The number of benzene rings is 1. The van der Waals surface area contributed by atoms with Crippen LogP contribution in [0.2, 0.25) is 0 Å². The molecule has 1 aromatic carbocycles. The molecule has 0 saturated heterocycles. The van der Waals surface area contributed by atoms with Gasteiger partial charge in [0.1, 0.15) is 0 Å². The van der Waals surface area contributed by atoms with Crippen LogP contribution in [0.1, 0.15) is 49.3 Å². The van der Waals surface area contributed by atoms with Gasteiger partial charge in [0, 0.05) is 24.6 Å². The number of hydrogen-bond acceptors (Lipinski definition) is 2. The van der Waals surface area contributed by atoms with Crippen LogP contribution in [0, 0.1) is 5.41 Å². The monoisotopic (exact) mass is 245 g/mol. The summed E-state index contributed by atoms with van der Waals surface area (Å²) in [6, 6.07) is 9.34. The zero-order valence-electron chi connectivity index (χ0n) is 11.0. The van der Waals surface area contributed by atoms with Crippen molar-refractivity contribution >= 4 is 0 Å². The van der Waals surface area contributed by atoms with E-state index in [0.717, 1.165) is 6.54 Å². The van der Waals surface area contributed by atoms with Gasteiger partial charge in [-0.05, 0) is 43.2 Å². The van der Waals surface area contributed by atoms with Gasteiger partial charge in [-0.2, -0.15) is 0 Å². The predicted molar refractivity (Wildman–Crippen MR) is 73.5 cm³/mol. The SMILES string of the molecule is OCC1(CNC2CCCCc3ccccc32)CC1. The van der Waals surface area contributed by atoms with Gasteiger partial charge in [0.2, 0.25) is 0 Å². The molecule has 0 aromatic heterocycles. The molecule has 2 nitrogen and oxygen atoms in total. The Morgan fingerprint density at radius 1 is 1.22 bits per heavy atom. The molecule has 0 aliphatic heterocycles. The van der Waals surface area contributed by atoms with Gasteiger partial charge in [0.25, 0.3) is 0 Å². The van der Waals surface area contributed by atoms with Gasteiger partial charge < -0.3 is 10.4 Å². The van der Waals surface area contributed by atoms with Crippen molar-refractivity contribution in [2.45, 2.75) is 44.6 Å². The molecule has 0 heterocycles. The average Bonchev–Trinajstić information content (AvgIpc) is 3.21. The van der Waals surface area contributed by atoms with E-state index in [-0.39, 0.29) is 5.41 Å². The Hall–Kier alpha value is -0.860. The van der Waals surface area contributed by atoms with Crippen LogP contribution in [0.25, 0.3) is 0 Å². The van der Waals surface area contributed by atoms with Gasteiger partial charge in [0.15, 0.2) is 0 Å². The minimum absolute atomic E-state index is 0.210. The standard InChI is InChI=1S/C16H23NO/c18-12-16(9-10-16)11-17-15-8-4-2-6-13-5-1-3-7-14(13)15/h1,3,5,7,15,17-18H,2,4,6,8-12H2. The summed E-state index contributed by atoms with van der Waals surface area (Å²) >= 11 is 0. The van der Waals surface area contributed by atoms with Gasteiger partial charge >= 0.3 is 0 Å². The van der Waals surface area contributed by atoms with Crippen molar-refractivity contribution in [1.29, 1.82) is 0 Å². The molecule has 2 aliphatic carbocycles. The van der Waals surface area contributed by atoms with E-state index in [4.69, 9.17) is 0 Å². The van der Waals surface area contributed by atoms with Crippen LogP contribution in [0.5, 0.6) is 0 Å². The number of nitrogens with one attached hydrogen (secondary N) is 1. The number of fused-ring (bicyclic) bond motifs is 1. The Bertz CT molecular complexity index is 411. The van der Waals surface area contributed by atoms with Crippen LogP contribution >= 0.6 is 0 Å². The van der Waals surface area contributed by atoms with E-state index in [2.05, 4.69) is 29.6 Å². The first-order valence-electron chi connectivity index (χ1n) is 7.25. The summed E-state index contributed by atoms with van der Waals surface area (Å²) in [4.78, 5) is 0. The van der Waals surface area contributed by atoms with Crippen LogP contribution in [0.4, 0.5) is 0 Å². The summed E-state index contributed by atoms with van der Waals surface area (Å²) in [6.07, 6.45) is 7.44. The lowest BCUT2D eigenvalue weighted by Crippen LogP contribution is -2.30. The molecule has 3 rings (SSSR count). The summed E-state index contributed by atoms with van der Waals surface area (Å²) in [6.45, 7) is 1.32. The number of aryl methyl sites for hydroxylation is 1. The number of aliphatic hydroxyl groups excluding tert-OH is 1. The Morgan fingerprint density at radius 2 is 2.06 bits per heavy atom. The van der Waals surface area contributed by atoms with Crippen LogP contribution in [-0.2, 0) is 6.42 Å². The molecule has 0 amide bonds. The van der Waals surface area contributed by atoms with Gasteiger partial charge in [-0.3, -0.25) is 0 Å². The molecule has 2 heteroatoms. The molecular weight excluding hydrogens is 222 g/mol. The summed E-state index contributed by atoms with van der Waals surface area (Å²) < 4.78 is 0. The Morgan fingerprint density at radius 3 is 2.83 bits per heavy atom. The second kappa shape index (κ2) is 5.02. The molecule has 0 bridgehead atoms. The van der Waals surface area contributed by atoms with Crippen molar-refractivity contribution in [3.05, 3.63) is 35.4 Å².